The molecular weight excluding hydrogens is 440 g/mol. The van der Waals surface area contributed by atoms with E-state index < -0.39 is 31.2 Å². The predicted molar refractivity (Wildman–Crippen MR) is 117 cm³/mol. The molecule has 0 unspecified atom stereocenters. The second-order valence-corrected chi connectivity index (χ2v) is 12.2. The average molecular weight is 469 g/mol. The van der Waals surface area contributed by atoms with Gasteiger partial charge in [-0.25, -0.2) is 13.1 Å². The Hall–Kier alpha value is -2.20. The SMILES string of the molecule is CCCS(=O)(=O)Oc1c(C(=O)c2cc(C)c3c(c2C)C(C)(C)CS3(=O)=O)cnn1CC. The van der Waals surface area contributed by atoms with Gasteiger partial charge in [-0.15, -0.1) is 0 Å². The summed E-state index contributed by atoms with van der Waals surface area (Å²) in [5.41, 5.74) is 1.41. The van der Waals surface area contributed by atoms with Crippen LogP contribution >= 0.6 is 0 Å². The molecule has 8 nitrogen and oxygen atoms in total. The summed E-state index contributed by atoms with van der Waals surface area (Å²) < 4.78 is 56.6. The molecular formula is C21H28N2O6S2. The van der Waals surface area contributed by atoms with Gasteiger partial charge in [-0.3, -0.25) is 4.79 Å². The maximum Gasteiger partial charge on any atom is 0.310 e. The molecule has 0 amide bonds. The topological polar surface area (TPSA) is 112 Å². The van der Waals surface area contributed by atoms with E-state index in [0.29, 0.717) is 35.2 Å². The molecule has 0 radical (unpaired) electrons. The molecule has 31 heavy (non-hydrogen) atoms. The third-order valence-corrected chi connectivity index (χ3v) is 9.07. The summed E-state index contributed by atoms with van der Waals surface area (Å²) in [7, 11) is -7.32. The average Bonchev–Trinajstić information content (AvgIpc) is 3.11. The highest BCUT2D eigenvalue weighted by atomic mass is 32.2. The molecule has 1 aliphatic rings. The van der Waals surface area contributed by atoms with Gasteiger partial charge in [0.25, 0.3) is 0 Å². The minimum atomic E-state index is -3.88. The summed E-state index contributed by atoms with van der Waals surface area (Å²) >= 11 is 0. The molecule has 0 fully saturated rings. The Labute approximate surface area is 183 Å². The molecule has 1 aliphatic heterocycles. The highest BCUT2D eigenvalue weighted by Gasteiger charge is 2.44. The van der Waals surface area contributed by atoms with E-state index in [1.807, 2.05) is 13.8 Å². The molecule has 1 aromatic heterocycles. The van der Waals surface area contributed by atoms with E-state index in [-0.39, 0.29) is 27.8 Å². The van der Waals surface area contributed by atoms with Gasteiger partial charge in [-0.2, -0.15) is 13.5 Å². The lowest BCUT2D eigenvalue weighted by molar-refractivity contribution is 0.103. The first-order chi connectivity index (χ1) is 14.3. The van der Waals surface area contributed by atoms with E-state index >= 15 is 0 Å². The van der Waals surface area contributed by atoms with Crippen LogP contribution in [0, 0.1) is 13.8 Å². The van der Waals surface area contributed by atoms with Gasteiger partial charge in [0.2, 0.25) is 5.88 Å². The number of nitrogens with zero attached hydrogens (tertiary/aromatic N) is 2. The lowest BCUT2D eigenvalue weighted by Gasteiger charge is -2.21. The molecule has 0 aliphatic carbocycles. The minimum absolute atomic E-state index is 0.0218. The fraction of sp³-hybridized carbons (Fsp3) is 0.524. The van der Waals surface area contributed by atoms with Crippen molar-refractivity contribution in [2.45, 2.75) is 64.8 Å². The van der Waals surface area contributed by atoms with Gasteiger partial charge in [0.05, 0.1) is 22.6 Å². The van der Waals surface area contributed by atoms with Crippen LogP contribution in [0.5, 0.6) is 5.88 Å². The van der Waals surface area contributed by atoms with Crippen LogP contribution in [0.3, 0.4) is 0 Å². The molecule has 1 aromatic carbocycles. The van der Waals surface area contributed by atoms with E-state index in [9.17, 15) is 21.6 Å². The molecule has 3 rings (SSSR count). The number of sulfone groups is 1. The van der Waals surface area contributed by atoms with Gasteiger partial charge in [0.15, 0.2) is 15.6 Å². The molecule has 170 valence electrons. The number of rotatable bonds is 7. The molecule has 0 atom stereocenters. The Balaban J connectivity index is 2.19. The molecule has 0 bridgehead atoms. The Kier molecular flexibility index (Phi) is 5.86. The highest BCUT2D eigenvalue weighted by Crippen LogP contribution is 2.44. The maximum absolute atomic E-state index is 13.5. The van der Waals surface area contributed by atoms with Crippen molar-refractivity contribution in [1.29, 1.82) is 0 Å². The van der Waals surface area contributed by atoms with Gasteiger partial charge in [0, 0.05) is 17.5 Å². The Morgan fingerprint density at radius 1 is 1.23 bits per heavy atom. The van der Waals surface area contributed by atoms with Crippen molar-refractivity contribution >= 4 is 25.7 Å². The summed E-state index contributed by atoms with van der Waals surface area (Å²) in [6.45, 7) is 10.9. The van der Waals surface area contributed by atoms with Crippen molar-refractivity contribution in [2.24, 2.45) is 0 Å². The highest BCUT2D eigenvalue weighted by molar-refractivity contribution is 7.92. The maximum atomic E-state index is 13.5. The lowest BCUT2D eigenvalue weighted by Crippen LogP contribution is -2.21. The van der Waals surface area contributed by atoms with E-state index in [1.165, 1.54) is 10.9 Å². The van der Waals surface area contributed by atoms with Crippen LogP contribution in [0.25, 0.3) is 0 Å². The Morgan fingerprint density at radius 2 is 1.87 bits per heavy atom. The van der Waals surface area contributed by atoms with Crippen LogP contribution in [0.2, 0.25) is 0 Å². The second-order valence-electron chi connectivity index (χ2n) is 8.57. The number of hydrogen-bond acceptors (Lipinski definition) is 7. The smallest absolute Gasteiger partial charge is 0.310 e. The van der Waals surface area contributed by atoms with Crippen LogP contribution in [0.15, 0.2) is 17.2 Å². The van der Waals surface area contributed by atoms with Crippen LogP contribution < -0.4 is 4.18 Å². The number of aromatic nitrogens is 2. The van der Waals surface area contributed by atoms with Crippen molar-refractivity contribution in [2.75, 3.05) is 11.5 Å². The first-order valence-corrected chi connectivity index (χ1v) is 13.4. The summed E-state index contributed by atoms with van der Waals surface area (Å²) in [6.07, 6.45) is 1.67. The van der Waals surface area contributed by atoms with Crippen molar-refractivity contribution in [1.82, 2.24) is 9.78 Å². The number of ketones is 1. The first kappa shape index (κ1) is 23.5. The standard InChI is InChI=1S/C21H28N2O6S2/c1-7-9-31(27,28)29-20-16(11-22-23(20)8-2)18(24)15-10-13(3)19-17(14(15)4)21(5,6)12-30(19,25)26/h10-11H,7-9,12H2,1-6H3. The van der Waals surface area contributed by atoms with E-state index in [4.69, 9.17) is 4.18 Å². The van der Waals surface area contributed by atoms with Gasteiger partial charge in [-0.05, 0) is 49.9 Å². The zero-order chi connectivity index (χ0) is 23.4. The number of carbonyl (C=O) groups is 1. The molecule has 2 heterocycles. The third kappa shape index (κ3) is 4.03. The first-order valence-electron chi connectivity index (χ1n) is 10.2. The van der Waals surface area contributed by atoms with Crippen LogP contribution in [-0.4, -0.2) is 43.9 Å². The van der Waals surface area contributed by atoms with Gasteiger partial charge in [-0.1, -0.05) is 20.8 Å². The van der Waals surface area contributed by atoms with Crippen LogP contribution in [-0.2, 0) is 31.9 Å². The van der Waals surface area contributed by atoms with Crippen molar-refractivity contribution < 1.29 is 25.8 Å². The molecule has 2 aromatic rings. The molecule has 10 heteroatoms. The minimum Gasteiger partial charge on any atom is -0.361 e. The Bertz CT molecular complexity index is 1270. The fourth-order valence-corrected chi connectivity index (χ4v) is 7.89. The van der Waals surface area contributed by atoms with Crippen molar-refractivity contribution in [3.63, 3.8) is 0 Å². The fourth-order valence-electron chi connectivity index (χ4n) is 4.36. The molecule has 0 saturated carbocycles. The van der Waals surface area contributed by atoms with Gasteiger partial charge >= 0.3 is 10.1 Å². The summed E-state index contributed by atoms with van der Waals surface area (Å²) in [4.78, 5) is 13.8. The lowest BCUT2D eigenvalue weighted by atomic mass is 9.80. The number of hydrogen-bond donors (Lipinski definition) is 0. The number of fused-ring (bicyclic) bond motifs is 1. The summed E-state index contributed by atoms with van der Waals surface area (Å²) in [6, 6.07) is 1.56. The quantitative estimate of drug-likeness (QED) is 0.453. The van der Waals surface area contributed by atoms with Crippen molar-refractivity contribution in [3.05, 3.63) is 40.1 Å². The zero-order valence-electron chi connectivity index (χ0n) is 18.6. The summed E-state index contributed by atoms with van der Waals surface area (Å²) in [5, 5.41) is 4.11. The second kappa shape index (κ2) is 7.74. The monoisotopic (exact) mass is 468 g/mol. The van der Waals surface area contributed by atoms with E-state index in [1.54, 1.807) is 33.8 Å². The summed E-state index contributed by atoms with van der Waals surface area (Å²) in [5.74, 6) is -0.778. The van der Waals surface area contributed by atoms with E-state index in [2.05, 4.69) is 5.10 Å². The largest absolute Gasteiger partial charge is 0.361 e. The van der Waals surface area contributed by atoms with Crippen molar-refractivity contribution in [3.8, 4) is 5.88 Å². The molecule has 0 saturated heterocycles. The van der Waals surface area contributed by atoms with Crippen LogP contribution in [0.4, 0.5) is 0 Å². The van der Waals surface area contributed by atoms with Crippen LogP contribution in [0.1, 0.15) is 66.7 Å². The Morgan fingerprint density at radius 3 is 2.45 bits per heavy atom. The number of carbonyl (C=O) groups excluding carboxylic acids is 1. The number of benzene rings is 1. The normalized spacial score (nSPS) is 16.8. The van der Waals surface area contributed by atoms with Gasteiger partial charge < -0.3 is 4.18 Å². The van der Waals surface area contributed by atoms with Gasteiger partial charge in [0.1, 0.15) is 5.56 Å². The molecule has 0 spiro atoms. The van der Waals surface area contributed by atoms with E-state index in [0.717, 1.165) is 0 Å². The zero-order valence-corrected chi connectivity index (χ0v) is 20.3. The molecule has 0 N–H and O–H groups in total. The third-order valence-electron chi connectivity index (χ3n) is 5.50. The number of aryl methyl sites for hydroxylation is 2. The predicted octanol–water partition coefficient (Wildman–Crippen LogP) is 2.93.